The van der Waals surface area contributed by atoms with Gasteiger partial charge in [-0.25, -0.2) is 12.7 Å². The zero-order valence-electron chi connectivity index (χ0n) is 17.5. The Labute approximate surface area is 201 Å². The van der Waals surface area contributed by atoms with Crippen LogP contribution >= 0.6 is 35.7 Å². The lowest BCUT2D eigenvalue weighted by molar-refractivity contribution is 0.415. The van der Waals surface area contributed by atoms with Crippen LogP contribution < -0.4 is 20.3 Å². The average Bonchev–Trinajstić information content (AvgIpc) is 3.22. The van der Waals surface area contributed by atoms with Crippen molar-refractivity contribution in [2.45, 2.75) is 12.5 Å². The van der Waals surface area contributed by atoms with E-state index in [4.69, 9.17) is 4.74 Å². The summed E-state index contributed by atoms with van der Waals surface area (Å²) in [6, 6.07) is 8.26. The molecule has 11 heteroatoms. The predicted molar refractivity (Wildman–Crippen MR) is 136 cm³/mol. The summed E-state index contributed by atoms with van der Waals surface area (Å²) in [5.41, 5.74) is 1.09. The number of nitrogens with one attached hydrogen (secondary N) is 2. The van der Waals surface area contributed by atoms with Crippen LogP contribution in [0.25, 0.3) is 0 Å². The van der Waals surface area contributed by atoms with Crippen LogP contribution in [0.1, 0.15) is 6.42 Å². The number of thioether (sulfide) groups is 1. The van der Waals surface area contributed by atoms with Crippen LogP contribution in [0.2, 0.25) is 0 Å². The highest BCUT2D eigenvalue weighted by atomic mass is 127. The Hall–Kier alpha value is -0.920. The van der Waals surface area contributed by atoms with E-state index in [0.717, 1.165) is 42.5 Å². The smallest absolute Gasteiger partial charge is 0.215 e. The molecule has 2 saturated heterocycles. The zero-order valence-corrected chi connectivity index (χ0v) is 21.5. The molecule has 3 rings (SSSR count). The maximum absolute atomic E-state index is 12.5. The van der Waals surface area contributed by atoms with Crippen LogP contribution in [0.5, 0.6) is 5.75 Å². The van der Waals surface area contributed by atoms with E-state index in [1.165, 1.54) is 0 Å². The van der Waals surface area contributed by atoms with Gasteiger partial charge in [0, 0.05) is 57.3 Å². The molecule has 0 amide bonds. The third-order valence-corrected chi connectivity index (χ3v) is 8.01. The highest BCUT2D eigenvalue weighted by Gasteiger charge is 2.26. The number of rotatable bonds is 7. The second-order valence-electron chi connectivity index (χ2n) is 7.07. The SMILES string of the molecule is CN=C(NCCS(=O)(=O)N1CCSCC1)NC1CCN(c2ccccc2OC)C1.I. The summed E-state index contributed by atoms with van der Waals surface area (Å²) in [6.07, 6.45) is 0.975. The van der Waals surface area contributed by atoms with Gasteiger partial charge in [0.1, 0.15) is 5.75 Å². The van der Waals surface area contributed by atoms with Crippen molar-refractivity contribution in [3.05, 3.63) is 24.3 Å². The first-order chi connectivity index (χ1) is 14.0. The number of para-hydroxylation sites is 2. The molecule has 0 bridgehead atoms. The van der Waals surface area contributed by atoms with Gasteiger partial charge in [-0.1, -0.05) is 12.1 Å². The van der Waals surface area contributed by atoms with Crippen molar-refractivity contribution in [1.82, 2.24) is 14.9 Å². The van der Waals surface area contributed by atoms with Crippen molar-refractivity contribution in [3.63, 3.8) is 0 Å². The van der Waals surface area contributed by atoms with Crippen molar-refractivity contribution in [1.29, 1.82) is 0 Å². The Balaban J connectivity index is 0.00000320. The lowest BCUT2D eigenvalue weighted by Crippen LogP contribution is -2.47. The van der Waals surface area contributed by atoms with E-state index in [1.807, 2.05) is 18.2 Å². The zero-order chi connectivity index (χ0) is 20.7. The molecule has 0 saturated carbocycles. The fraction of sp³-hybridized carbons (Fsp3) is 0.632. The third-order valence-electron chi connectivity index (χ3n) is 5.19. The molecule has 2 heterocycles. The maximum Gasteiger partial charge on any atom is 0.215 e. The molecule has 0 spiro atoms. The second-order valence-corrected chi connectivity index (χ2v) is 10.4. The summed E-state index contributed by atoms with van der Waals surface area (Å²) in [7, 11) is 0.180. The van der Waals surface area contributed by atoms with Crippen LogP contribution in [0.3, 0.4) is 0 Å². The molecule has 2 aliphatic heterocycles. The summed E-state index contributed by atoms with van der Waals surface area (Å²) >= 11 is 1.80. The molecular formula is C19H32IN5O3S2. The van der Waals surface area contributed by atoms with E-state index >= 15 is 0 Å². The Morgan fingerprint density at radius 2 is 2.00 bits per heavy atom. The summed E-state index contributed by atoms with van der Waals surface area (Å²) < 4.78 is 32.0. The van der Waals surface area contributed by atoms with Crippen molar-refractivity contribution < 1.29 is 13.2 Å². The number of hydrogen-bond donors (Lipinski definition) is 2. The lowest BCUT2D eigenvalue weighted by atomic mass is 10.2. The quantitative estimate of drug-likeness (QED) is 0.292. The van der Waals surface area contributed by atoms with E-state index in [2.05, 4.69) is 26.6 Å². The maximum atomic E-state index is 12.5. The molecule has 1 atom stereocenters. The molecular weight excluding hydrogens is 537 g/mol. The van der Waals surface area contributed by atoms with E-state index < -0.39 is 10.0 Å². The number of benzene rings is 1. The number of ether oxygens (including phenoxy) is 1. The third kappa shape index (κ3) is 6.79. The van der Waals surface area contributed by atoms with Crippen LogP contribution in [-0.4, -0.2) is 88.9 Å². The number of guanidine groups is 1. The van der Waals surface area contributed by atoms with Crippen LogP contribution in [0, 0.1) is 0 Å². The van der Waals surface area contributed by atoms with E-state index in [1.54, 1.807) is 30.2 Å². The highest BCUT2D eigenvalue weighted by Crippen LogP contribution is 2.30. The lowest BCUT2D eigenvalue weighted by Gasteiger charge is -2.26. The summed E-state index contributed by atoms with van der Waals surface area (Å²) in [6.45, 7) is 3.33. The van der Waals surface area contributed by atoms with Gasteiger partial charge in [-0.15, -0.1) is 24.0 Å². The Kier molecular flexibility index (Phi) is 10.3. The number of aliphatic imine (C=N–C) groups is 1. The molecule has 0 aliphatic carbocycles. The predicted octanol–water partition coefficient (Wildman–Crippen LogP) is 1.44. The van der Waals surface area contributed by atoms with Gasteiger partial charge in [0.25, 0.3) is 0 Å². The van der Waals surface area contributed by atoms with E-state index in [-0.39, 0.29) is 35.8 Å². The average molecular weight is 570 g/mol. The summed E-state index contributed by atoms with van der Waals surface area (Å²) in [4.78, 5) is 6.55. The molecule has 2 aliphatic rings. The molecule has 2 N–H and O–H groups in total. The number of nitrogens with zero attached hydrogens (tertiary/aromatic N) is 3. The minimum absolute atomic E-state index is 0. The van der Waals surface area contributed by atoms with Gasteiger partial charge < -0.3 is 20.3 Å². The molecule has 30 heavy (non-hydrogen) atoms. The Morgan fingerprint density at radius 1 is 1.27 bits per heavy atom. The van der Waals surface area contributed by atoms with Crippen molar-refractivity contribution in [3.8, 4) is 5.75 Å². The molecule has 170 valence electrons. The van der Waals surface area contributed by atoms with Crippen molar-refractivity contribution in [2.75, 3.05) is 69.0 Å². The van der Waals surface area contributed by atoms with Gasteiger partial charge >= 0.3 is 0 Å². The van der Waals surface area contributed by atoms with E-state index in [9.17, 15) is 8.42 Å². The minimum Gasteiger partial charge on any atom is -0.495 e. The minimum atomic E-state index is -3.21. The Bertz CT molecular complexity index is 803. The van der Waals surface area contributed by atoms with E-state index in [0.29, 0.717) is 25.6 Å². The van der Waals surface area contributed by atoms with Crippen LogP contribution in [0.15, 0.2) is 29.3 Å². The van der Waals surface area contributed by atoms with Gasteiger partial charge in [-0.05, 0) is 18.6 Å². The van der Waals surface area contributed by atoms with Crippen molar-refractivity contribution in [2.24, 2.45) is 4.99 Å². The van der Waals surface area contributed by atoms with Gasteiger partial charge in [-0.3, -0.25) is 4.99 Å². The fourth-order valence-electron chi connectivity index (χ4n) is 3.63. The molecule has 0 radical (unpaired) electrons. The Morgan fingerprint density at radius 3 is 2.70 bits per heavy atom. The van der Waals surface area contributed by atoms with Crippen LogP contribution in [0.4, 0.5) is 5.69 Å². The van der Waals surface area contributed by atoms with Gasteiger partial charge in [-0.2, -0.15) is 11.8 Å². The monoisotopic (exact) mass is 569 g/mol. The first-order valence-electron chi connectivity index (χ1n) is 9.94. The second kappa shape index (κ2) is 12.2. The largest absolute Gasteiger partial charge is 0.495 e. The first-order valence-corrected chi connectivity index (χ1v) is 12.7. The normalized spacial score (nSPS) is 20.5. The van der Waals surface area contributed by atoms with Gasteiger partial charge in [0.2, 0.25) is 10.0 Å². The van der Waals surface area contributed by atoms with Crippen molar-refractivity contribution >= 4 is 57.4 Å². The summed E-state index contributed by atoms with van der Waals surface area (Å²) in [5.74, 6) is 3.34. The number of hydrogen-bond acceptors (Lipinski definition) is 6. The molecule has 1 aromatic carbocycles. The molecule has 8 nitrogen and oxygen atoms in total. The molecule has 0 aromatic heterocycles. The number of methoxy groups -OCH3 is 1. The first kappa shape index (κ1) is 25.3. The topological polar surface area (TPSA) is 86.3 Å². The van der Waals surface area contributed by atoms with Gasteiger partial charge in [0.15, 0.2) is 5.96 Å². The highest BCUT2D eigenvalue weighted by molar-refractivity contribution is 14.0. The molecule has 2 fully saturated rings. The van der Waals surface area contributed by atoms with Gasteiger partial charge in [0.05, 0.1) is 18.6 Å². The standard InChI is InChI=1S/C19H31N5O3S2.HI/c1-20-19(21-8-14-29(25,26)24-10-12-28-13-11-24)22-16-7-9-23(15-16)17-5-3-4-6-18(17)27-2;/h3-6,16H,7-15H2,1-2H3,(H2,20,21,22);1H. The van der Waals surface area contributed by atoms with Crippen LogP contribution in [-0.2, 0) is 10.0 Å². The molecule has 1 unspecified atom stereocenters. The summed E-state index contributed by atoms with van der Waals surface area (Å²) in [5, 5.41) is 6.57. The number of anilines is 1. The molecule has 1 aromatic rings. The number of sulfonamides is 1. The fourth-order valence-corrected chi connectivity index (χ4v) is 6.12. The number of halogens is 1.